The largest absolute Gasteiger partial charge is 0.373 e. The molecule has 0 amide bonds. The smallest absolute Gasteiger partial charge is 0.0723 e. The molecule has 5 nitrogen and oxygen atoms in total. The highest BCUT2D eigenvalue weighted by molar-refractivity contribution is 5.10. The summed E-state index contributed by atoms with van der Waals surface area (Å²) in [5.74, 6) is 0. The number of piperidine rings is 1. The second-order valence-electron chi connectivity index (χ2n) is 7.76. The normalized spacial score (nSPS) is 22.9. The van der Waals surface area contributed by atoms with Gasteiger partial charge in [-0.05, 0) is 55.6 Å². The summed E-state index contributed by atoms with van der Waals surface area (Å²) in [7, 11) is 2.21. The standard InChI is InChI=1S/C21H28N4O/c1-24(15-19-3-2-8-23-14-19)20-13-21(26-17-20)6-11-25(12-7-21)16-18-4-9-22-10-5-18/h2-5,8-10,14,20H,6-7,11-13,15-17H2,1H3/t20-/m1/s1. The van der Waals surface area contributed by atoms with Crippen molar-refractivity contribution in [2.45, 2.75) is 44.0 Å². The van der Waals surface area contributed by atoms with Crippen molar-refractivity contribution < 1.29 is 4.74 Å². The molecule has 138 valence electrons. The first-order chi connectivity index (χ1) is 12.7. The molecule has 2 aromatic heterocycles. The van der Waals surface area contributed by atoms with Gasteiger partial charge in [-0.15, -0.1) is 0 Å². The highest BCUT2D eigenvalue weighted by Gasteiger charge is 2.43. The van der Waals surface area contributed by atoms with Crippen molar-refractivity contribution in [3.63, 3.8) is 0 Å². The zero-order valence-electron chi connectivity index (χ0n) is 15.6. The highest BCUT2D eigenvalue weighted by atomic mass is 16.5. The lowest BCUT2D eigenvalue weighted by atomic mass is 9.87. The minimum Gasteiger partial charge on any atom is -0.373 e. The number of ether oxygens (including phenoxy) is 1. The van der Waals surface area contributed by atoms with E-state index in [2.05, 4.69) is 45.0 Å². The molecule has 0 radical (unpaired) electrons. The highest BCUT2D eigenvalue weighted by Crippen LogP contribution is 2.37. The maximum Gasteiger partial charge on any atom is 0.0723 e. The van der Waals surface area contributed by atoms with Gasteiger partial charge in [-0.25, -0.2) is 0 Å². The van der Waals surface area contributed by atoms with Crippen molar-refractivity contribution in [1.29, 1.82) is 0 Å². The molecule has 2 fully saturated rings. The summed E-state index contributed by atoms with van der Waals surface area (Å²) in [6.07, 6.45) is 11.0. The van der Waals surface area contributed by atoms with E-state index in [0.717, 1.165) is 52.0 Å². The van der Waals surface area contributed by atoms with Crippen molar-refractivity contribution >= 4 is 0 Å². The minimum absolute atomic E-state index is 0.0859. The predicted molar refractivity (Wildman–Crippen MR) is 102 cm³/mol. The van der Waals surface area contributed by atoms with Gasteiger partial charge in [0.05, 0.1) is 12.2 Å². The summed E-state index contributed by atoms with van der Waals surface area (Å²) in [5, 5.41) is 0. The lowest BCUT2D eigenvalue weighted by Crippen LogP contribution is -2.44. The lowest BCUT2D eigenvalue weighted by molar-refractivity contribution is -0.0452. The van der Waals surface area contributed by atoms with Crippen LogP contribution in [-0.2, 0) is 17.8 Å². The molecule has 26 heavy (non-hydrogen) atoms. The fourth-order valence-electron chi connectivity index (χ4n) is 4.23. The summed E-state index contributed by atoms with van der Waals surface area (Å²) >= 11 is 0. The van der Waals surface area contributed by atoms with Crippen LogP contribution >= 0.6 is 0 Å². The molecular formula is C21H28N4O. The van der Waals surface area contributed by atoms with Crippen LogP contribution < -0.4 is 0 Å². The van der Waals surface area contributed by atoms with Crippen LogP contribution in [0.4, 0.5) is 0 Å². The van der Waals surface area contributed by atoms with Crippen molar-refractivity contribution in [2.75, 3.05) is 26.7 Å². The lowest BCUT2D eigenvalue weighted by Gasteiger charge is -2.39. The molecule has 2 saturated heterocycles. The van der Waals surface area contributed by atoms with Gasteiger partial charge in [0.1, 0.15) is 0 Å². The third-order valence-corrected chi connectivity index (χ3v) is 5.89. The van der Waals surface area contributed by atoms with Gasteiger partial charge in [-0.3, -0.25) is 19.8 Å². The molecule has 1 atom stereocenters. The molecule has 0 aromatic carbocycles. The minimum atomic E-state index is 0.0859. The van der Waals surface area contributed by atoms with E-state index in [9.17, 15) is 0 Å². The molecule has 0 aliphatic carbocycles. The van der Waals surface area contributed by atoms with E-state index in [-0.39, 0.29) is 5.60 Å². The maximum atomic E-state index is 6.36. The van der Waals surface area contributed by atoms with Gasteiger partial charge in [-0.2, -0.15) is 0 Å². The van der Waals surface area contributed by atoms with Gasteiger partial charge < -0.3 is 4.74 Å². The van der Waals surface area contributed by atoms with Crippen molar-refractivity contribution in [3.8, 4) is 0 Å². The molecule has 2 aliphatic rings. The molecule has 0 bridgehead atoms. The van der Waals surface area contributed by atoms with Gasteiger partial charge in [0.2, 0.25) is 0 Å². The zero-order valence-corrected chi connectivity index (χ0v) is 15.6. The van der Waals surface area contributed by atoms with Crippen LogP contribution in [0, 0.1) is 0 Å². The van der Waals surface area contributed by atoms with Gasteiger partial charge in [0, 0.05) is 57.0 Å². The first-order valence-electron chi connectivity index (χ1n) is 9.57. The van der Waals surface area contributed by atoms with E-state index in [1.165, 1.54) is 11.1 Å². The number of hydrogen-bond acceptors (Lipinski definition) is 5. The zero-order chi connectivity index (χ0) is 17.8. The van der Waals surface area contributed by atoms with Crippen molar-refractivity contribution in [3.05, 3.63) is 60.2 Å². The van der Waals surface area contributed by atoms with E-state index in [4.69, 9.17) is 4.74 Å². The number of pyridine rings is 2. The topological polar surface area (TPSA) is 41.5 Å². The van der Waals surface area contributed by atoms with E-state index in [1.807, 2.05) is 30.9 Å². The fraction of sp³-hybridized carbons (Fsp3) is 0.524. The third kappa shape index (κ3) is 4.11. The van der Waals surface area contributed by atoms with Gasteiger partial charge in [0.25, 0.3) is 0 Å². The van der Waals surface area contributed by atoms with Gasteiger partial charge >= 0.3 is 0 Å². The molecule has 0 N–H and O–H groups in total. The summed E-state index contributed by atoms with van der Waals surface area (Å²) in [5.41, 5.74) is 2.70. The molecule has 0 unspecified atom stereocenters. The van der Waals surface area contributed by atoms with Crippen LogP contribution in [0.3, 0.4) is 0 Å². The molecule has 4 rings (SSSR count). The Bertz CT molecular complexity index is 686. The van der Waals surface area contributed by atoms with Crippen LogP contribution in [0.5, 0.6) is 0 Å². The average molecular weight is 352 g/mol. The Morgan fingerprint density at radius 2 is 1.92 bits per heavy atom. The molecule has 1 spiro atoms. The number of likely N-dealkylation sites (N-methyl/N-ethyl adjacent to an activating group) is 1. The third-order valence-electron chi connectivity index (χ3n) is 5.89. The SMILES string of the molecule is CN(Cc1cccnc1)[C@H]1COC2(CCN(Cc3ccncc3)CC2)C1. The second kappa shape index (κ2) is 7.82. The first-order valence-corrected chi connectivity index (χ1v) is 9.57. The van der Waals surface area contributed by atoms with Crippen molar-refractivity contribution in [2.24, 2.45) is 0 Å². The summed E-state index contributed by atoms with van der Waals surface area (Å²) in [6, 6.07) is 8.88. The first kappa shape index (κ1) is 17.6. The van der Waals surface area contributed by atoms with Crippen LogP contribution in [-0.4, -0.2) is 58.2 Å². The van der Waals surface area contributed by atoms with Crippen LogP contribution in [0.2, 0.25) is 0 Å². The molecule has 2 aromatic rings. The van der Waals surface area contributed by atoms with Gasteiger partial charge in [-0.1, -0.05) is 6.07 Å². The average Bonchev–Trinajstić information content (AvgIpc) is 3.10. The number of rotatable bonds is 5. The second-order valence-corrected chi connectivity index (χ2v) is 7.76. The van der Waals surface area contributed by atoms with Crippen LogP contribution in [0.15, 0.2) is 49.1 Å². The molecule has 5 heteroatoms. The molecule has 2 aliphatic heterocycles. The quantitative estimate of drug-likeness (QED) is 0.828. The predicted octanol–water partition coefficient (Wildman–Crippen LogP) is 2.73. The Balaban J connectivity index is 1.28. The maximum absolute atomic E-state index is 6.36. The molecule has 4 heterocycles. The van der Waals surface area contributed by atoms with E-state index < -0.39 is 0 Å². The summed E-state index contributed by atoms with van der Waals surface area (Å²) < 4.78 is 6.36. The van der Waals surface area contributed by atoms with Crippen LogP contribution in [0.1, 0.15) is 30.4 Å². The summed E-state index contributed by atoms with van der Waals surface area (Å²) in [4.78, 5) is 13.3. The van der Waals surface area contributed by atoms with Gasteiger partial charge in [0.15, 0.2) is 0 Å². The van der Waals surface area contributed by atoms with Crippen LogP contribution in [0.25, 0.3) is 0 Å². The Hall–Kier alpha value is -1.82. The number of aromatic nitrogens is 2. The number of likely N-dealkylation sites (tertiary alicyclic amines) is 1. The fourth-order valence-corrected chi connectivity index (χ4v) is 4.23. The Labute approximate surface area is 156 Å². The molecule has 0 saturated carbocycles. The number of nitrogens with zero attached hydrogens (tertiary/aromatic N) is 4. The Kier molecular flexibility index (Phi) is 5.29. The Morgan fingerprint density at radius 3 is 2.65 bits per heavy atom. The monoisotopic (exact) mass is 352 g/mol. The summed E-state index contributed by atoms with van der Waals surface area (Å²) in [6.45, 7) is 5.03. The van der Waals surface area contributed by atoms with E-state index in [0.29, 0.717) is 6.04 Å². The number of hydrogen-bond donors (Lipinski definition) is 0. The van der Waals surface area contributed by atoms with E-state index >= 15 is 0 Å². The van der Waals surface area contributed by atoms with Crippen molar-refractivity contribution in [1.82, 2.24) is 19.8 Å². The molecular weight excluding hydrogens is 324 g/mol. The Morgan fingerprint density at radius 1 is 1.12 bits per heavy atom. The van der Waals surface area contributed by atoms with E-state index in [1.54, 1.807) is 0 Å².